The number of ether oxygens (including phenoxy) is 1. The second-order valence-electron chi connectivity index (χ2n) is 6.36. The molecule has 3 heteroatoms. The number of rotatable bonds is 16. The Morgan fingerprint density at radius 1 is 0.909 bits per heavy atom. The van der Waals surface area contributed by atoms with Gasteiger partial charge >= 0.3 is 0 Å². The van der Waals surface area contributed by atoms with Crippen molar-refractivity contribution >= 4 is 0 Å². The third-order valence-corrected chi connectivity index (χ3v) is 4.11. The summed E-state index contributed by atoms with van der Waals surface area (Å²) in [5.74, 6) is 0. The van der Waals surface area contributed by atoms with Crippen LogP contribution in [0, 0.1) is 0 Å². The molecule has 0 radical (unpaired) electrons. The zero-order valence-corrected chi connectivity index (χ0v) is 14.9. The van der Waals surface area contributed by atoms with Crippen LogP contribution >= 0.6 is 0 Å². The van der Waals surface area contributed by atoms with Crippen molar-refractivity contribution in [1.82, 2.24) is 0 Å². The van der Waals surface area contributed by atoms with Crippen LogP contribution in [-0.4, -0.2) is 31.0 Å². The second-order valence-corrected chi connectivity index (χ2v) is 6.36. The molecule has 0 aromatic rings. The molecule has 132 valence electrons. The van der Waals surface area contributed by atoms with Gasteiger partial charge in [-0.15, -0.1) is 0 Å². The maximum Gasteiger partial charge on any atom is 0.0894 e. The molecule has 0 saturated heterocycles. The minimum atomic E-state index is -0.590. The largest absolute Gasteiger partial charge is 0.387 e. The summed E-state index contributed by atoms with van der Waals surface area (Å²) in [7, 11) is 1.60. The van der Waals surface area contributed by atoms with Crippen LogP contribution in [0.4, 0.5) is 0 Å². The zero-order valence-electron chi connectivity index (χ0n) is 14.9. The van der Waals surface area contributed by atoms with E-state index in [2.05, 4.69) is 6.92 Å². The Bertz CT molecular complexity index is 244. The molecule has 0 rings (SSSR count). The maximum atomic E-state index is 9.73. The molecule has 0 heterocycles. The highest BCUT2D eigenvalue weighted by atomic mass is 16.5. The lowest BCUT2D eigenvalue weighted by atomic mass is 10.0. The van der Waals surface area contributed by atoms with E-state index in [1.54, 1.807) is 13.2 Å². The normalized spacial score (nSPS) is 14.5. The van der Waals surface area contributed by atoms with E-state index in [0.29, 0.717) is 6.61 Å². The average molecular weight is 314 g/mol. The molecule has 0 aromatic carbocycles. The van der Waals surface area contributed by atoms with Crippen molar-refractivity contribution in [2.45, 2.75) is 96.1 Å². The summed E-state index contributed by atoms with van der Waals surface area (Å²) in [5, 5.41) is 9.73. The number of hydrogen-bond donors (Lipinski definition) is 2. The van der Waals surface area contributed by atoms with E-state index >= 15 is 0 Å². The highest BCUT2D eigenvalue weighted by Gasteiger charge is 2.09. The van der Waals surface area contributed by atoms with Gasteiger partial charge in [0.05, 0.1) is 18.8 Å². The predicted molar refractivity (Wildman–Crippen MR) is 96.1 cm³/mol. The molecule has 2 unspecified atom stereocenters. The Labute approximate surface area is 138 Å². The third-order valence-electron chi connectivity index (χ3n) is 4.11. The van der Waals surface area contributed by atoms with Crippen LogP contribution < -0.4 is 5.73 Å². The summed E-state index contributed by atoms with van der Waals surface area (Å²) in [6.45, 7) is 2.66. The number of aliphatic hydroxyl groups excluding tert-OH is 1. The molecule has 2 atom stereocenters. The van der Waals surface area contributed by atoms with Gasteiger partial charge in [-0.2, -0.15) is 0 Å². The number of nitrogens with two attached hydrogens (primary N) is 1. The van der Waals surface area contributed by atoms with Gasteiger partial charge in [-0.1, -0.05) is 83.3 Å². The van der Waals surface area contributed by atoms with Crippen molar-refractivity contribution in [3.8, 4) is 0 Å². The van der Waals surface area contributed by atoms with Gasteiger partial charge in [-0.05, 0) is 12.8 Å². The molecular weight excluding hydrogens is 274 g/mol. The van der Waals surface area contributed by atoms with E-state index in [4.69, 9.17) is 10.5 Å². The van der Waals surface area contributed by atoms with Gasteiger partial charge in [0.2, 0.25) is 0 Å². The molecule has 0 saturated carbocycles. The molecule has 0 bridgehead atoms. The van der Waals surface area contributed by atoms with Gasteiger partial charge < -0.3 is 15.6 Å². The van der Waals surface area contributed by atoms with Gasteiger partial charge in [-0.3, -0.25) is 0 Å². The van der Waals surface area contributed by atoms with Crippen LogP contribution in [-0.2, 0) is 4.74 Å². The minimum Gasteiger partial charge on any atom is -0.387 e. The Hall–Kier alpha value is -0.380. The lowest BCUT2D eigenvalue weighted by Gasteiger charge is -2.13. The molecule has 0 aromatic heterocycles. The SMILES string of the molecule is CCCCCCCCCCCCCC=CC(O)C(N)COC. The van der Waals surface area contributed by atoms with Crippen molar-refractivity contribution < 1.29 is 9.84 Å². The number of hydrogen-bond acceptors (Lipinski definition) is 3. The summed E-state index contributed by atoms with van der Waals surface area (Å²) in [4.78, 5) is 0. The molecule has 0 fully saturated rings. The molecule has 0 spiro atoms. The third kappa shape index (κ3) is 14.6. The quantitative estimate of drug-likeness (QED) is 0.324. The van der Waals surface area contributed by atoms with Crippen molar-refractivity contribution in [3.63, 3.8) is 0 Å². The maximum absolute atomic E-state index is 9.73. The number of unbranched alkanes of at least 4 members (excludes halogenated alkanes) is 11. The van der Waals surface area contributed by atoms with E-state index in [1.807, 2.05) is 6.08 Å². The summed E-state index contributed by atoms with van der Waals surface area (Å²) >= 11 is 0. The van der Waals surface area contributed by atoms with E-state index in [0.717, 1.165) is 6.42 Å². The summed E-state index contributed by atoms with van der Waals surface area (Å²) in [6.07, 6.45) is 19.3. The summed E-state index contributed by atoms with van der Waals surface area (Å²) < 4.78 is 4.92. The van der Waals surface area contributed by atoms with Gasteiger partial charge in [-0.25, -0.2) is 0 Å². The first-order valence-corrected chi connectivity index (χ1v) is 9.31. The zero-order chi connectivity index (χ0) is 16.5. The predicted octanol–water partition coefficient (Wildman–Crippen LogP) is 4.58. The smallest absolute Gasteiger partial charge is 0.0894 e. The molecule has 0 amide bonds. The van der Waals surface area contributed by atoms with E-state index in [-0.39, 0.29) is 6.04 Å². The standard InChI is InChI=1S/C19H39NO2/c1-3-4-5-6-7-8-9-10-11-12-13-14-15-16-19(21)18(20)17-22-2/h15-16,18-19,21H,3-14,17,20H2,1-2H3. The summed E-state index contributed by atoms with van der Waals surface area (Å²) in [6, 6.07) is -0.321. The lowest BCUT2D eigenvalue weighted by molar-refractivity contribution is 0.113. The Balaban J connectivity index is 3.26. The lowest BCUT2D eigenvalue weighted by Crippen LogP contribution is -2.37. The van der Waals surface area contributed by atoms with Crippen LogP contribution in [0.15, 0.2) is 12.2 Å². The van der Waals surface area contributed by atoms with Crippen LogP contribution in [0.3, 0.4) is 0 Å². The first kappa shape index (κ1) is 21.6. The Kier molecular flexibility index (Phi) is 16.7. The fourth-order valence-corrected chi connectivity index (χ4v) is 2.60. The molecule has 3 N–H and O–H groups in total. The number of methoxy groups -OCH3 is 1. The van der Waals surface area contributed by atoms with Gasteiger partial charge in [0.1, 0.15) is 0 Å². The van der Waals surface area contributed by atoms with Crippen LogP contribution in [0.25, 0.3) is 0 Å². The molecule has 0 aliphatic rings. The number of allylic oxidation sites excluding steroid dienone is 1. The highest BCUT2D eigenvalue weighted by Crippen LogP contribution is 2.12. The molecule has 3 nitrogen and oxygen atoms in total. The first-order valence-electron chi connectivity index (χ1n) is 9.31. The molecular formula is C19H39NO2. The van der Waals surface area contributed by atoms with Crippen LogP contribution in [0.1, 0.15) is 84.0 Å². The van der Waals surface area contributed by atoms with Gasteiger partial charge in [0, 0.05) is 7.11 Å². The fourth-order valence-electron chi connectivity index (χ4n) is 2.60. The Morgan fingerprint density at radius 3 is 1.91 bits per heavy atom. The van der Waals surface area contributed by atoms with Gasteiger partial charge in [0.15, 0.2) is 0 Å². The minimum absolute atomic E-state index is 0.321. The first-order chi connectivity index (χ1) is 10.7. The molecule has 0 aliphatic carbocycles. The molecule has 22 heavy (non-hydrogen) atoms. The second kappa shape index (κ2) is 17.0. The Morgan fingerprint density at radius 2 is 1.41 bits per heavy atom. The fraction of sp³-hybridized carbons (Fsp3) is 0.895. The van der Waals surface area contributed by atoms with Crippen LogP contribution in [0.2, 0.25) is 0 Å². The summed E-state index contributed by atoms with van der Waals surface area (Å²) in [5.41, 5.74) is 5.75. The van der Waals surface area contributed by atoms with Gasteiger partial charge in [0.25, 0.3) is 0 Å². The number of aliphatic hydroxyl groups is 1. The topological polar surface area (TPSA) is 55.5 Å². The van der Waals surface area contributed by atoms with E-state index in [1.165, 1.54) is 70.6 Å². The highest BCUT2D eigenvalue weighted by molar-refractivity contribution is 4.93. The van der Waals surface area contributed by atoms with Crippen molar-refractivity contribution in [1.29, 1.82) is 0 Å². The van der Waals surface area contributed by atoms with Crippen molar-refractivity contribution in [2.75, 3.05) is 13.7 Å². The van der Waals surface area contributed by atoms with Crippen molar-refractivity contribution in [2.24, 2.45) is 5.73 Å². The van der Waals surface area contributed by atoms with Crippen molar-refractivity contribution in [3.05, 3.63) is 12.2 Å². The average Bonchev–Trinajstić information content (AvgIpc) is 2.51. The van der Waals surface area contributed by atoms with E-state index < -0.39 is 6.10 Å². The van der Waals surface area contributed by atoms with E-state index in [9.17, 15) is 5.11 Å². The monoisotopic (exact) mass is 313 g/mol. The van der Waals surface area contributed by atoms with Crippen LogP contribution in [0.5, 0.6) is 0 Å². The molecule has 0 aliphatic heterocycles.